The van der Waals surface area contributed by atoms with E-state index in [4.69, 9.17) is 15.9 Å². The number of aliphatic carboxylic acids is 2. The summed E-state index contributed by atoms with van der Waals surface area (Å²) in [6.07, 6.45) is 4.75. The first-order chi connectivity index (χ1) is 9.49. The zero-order chi connectivity index (χ0) is 15.0. The molecule has 0 aromatic heterocycles. The van der Waals surface area contributed by atoms with Gasteiger partial charge in [0.1, 0.15) is 0 Å². The molecule has 2 atom stereocenters. The molecule has 5 nitrogen and oxygen atoms in total. The predicted octanol–water partition coefficient (Wildman–Crippen LogP) is 1.99. The predicted molar refractivity (Wildman–Crippen MR) is 75.4 cm³/mol. The van der Waals surface area contributed by atoms with E-state index in [-0.39, 0.29) is 0 Å². The molecule has 0 spiro atoms. The summed E-state index contributed by atoms with van der Waals surface area (Å²) >= 11 is 0. The van der Waals surface area contributed by atoms with E-state index in [1.165, 1.54) is 24.8 Å². The third kappa shape index (κ3) is 6.15. The fourth-order valence-electron chi connectivity index (χ4n) is 2.19. The van der Waals surface area contributed by atoms with E-state index in [2.05, 4.69) is 30.3 Å². The van der Waals surface area contributed by atoms with Crippen LogP contribution < -0.4 is 5.73 Å². The van der Waals surface area contributed by atoms with E-state index in [1.807, 2.05) is 0 Å². The Labute approximate surface area is 117 Å². The lowest BCUT2D eigenvalue weighted by Gasteiger charge is -2.08. The molecule has 5 heteroatoms. The zero-order valence-electron chi connectivity index (χ0n) is 11.1. The van der Waals surface area contributed by atoms with Crippen LogP contribution in [0.2, 0.25) is 0 Å². The van der Waals surface area contributed by atoms with Gasteiger partial charge in [-0.3, -0.25) is 0 Å². The van der Waals surface area contributed by atoms with Crippen molar-refractivity contribution in [3.63, 3.8) is 0 Å². The van der Waals surface area contributed by atoms with Crippen molar-refractivity contribution in [2.75, 3.05) is 0 Å². The average Bonchev–Trinajstić information content (AvgIpc) is 2.85. The molecular weight excluding hydrogens is 258 g/mol. The molecule has 1 aromatic carbocycles. The number of carboxylic acids is 2. The number of nitrogens with two attached hydrogens (primary N) is 1. The van der Waals surface area contributed by atoms with Crippen molar-refractivity contribution in [3.8, 4) is 0 Å². The van der Waals surface area contributed by atoms with E-state index in [9.17, 15) is 9.59 Å². The van der Waals surface area contributed by atoms with Crippen LogP contribution in [0.5, 0.6) is 0 Å². The summed E-state index contributed by atoms with van der Waals surface area (Å²) in [5, 5.41) is 15.6. The first-order valence-corrected chi connectivity index (χ1v) is 6.43. The van der Waals surface area contributed by atoms with Crippen molar-refractivity contribution in [3.05, 3.63) is 48.0 Å². The van der Waals surface area contributed by atoms with Gasteiger partial charge < -0.3 is 15.9 Å². The van der Waals surface area contributed by atoms with E-state index < -0.39 is 11.9 Å². The maximum Gasteiger partial charge on any atom is 0.328 e. The second kappa shape index (κ2) is 8.12. The topological polar surface area (TPSA) is 101 Å². The lowest BCUT2D eigenvalue weighted by Crippen LogP contribution is -2.14. The second-order valence-electron chi connectivity index (χ2n) is 4.69. The minimum Gasteiger partial charge on any atom is -0.478 e. The maximum absolute atomic E-state index is 9.55. The molecular formula is C15H19NO4. The van der Waals surface area contributed by atoms with Crippen LogP contribution in [-0.2, 0) is 9.59 Å². The van der Waals surface area contributed by atoms with Crippen LogP contribution in [0.3, 0.4) is 0 Å². The summed E-state index contributed by atoms with van der Waals surface area (Å²) in [5.41, 5.74) is 7.33. The highest BCUT2D eigenvalue weighted by Crippen LogP contribution is 2.32. The van der Waals surface area contributed by atoms with Crippen molar-refractivity contribution in [2.45, 2.75) is 31.2 Å². The van der Waals surface area contributed by atoms with E-state index in [1.54, 1.807) is 0 Å². The molecule has 1 saturated carbocycles. The SMILES string of the molecule is NC1CCC(c2ccccc2)C1.O=C(O)C=CC(=O)O. The fraction of sp³-hybridized carbons (Fsp3) is 0.333. The first kappa shape index (κ1) is 15.9. The van der Waals surface area contributed by atoms with Gasteiger partial charge in [-0.25, -0.2) is 9.59 Å². The molecule has 20 heavy (non-hydrogen) atoms. The number of benzene rings is 1. The van der Waals surface area contributed by atoms with Gasteiger partial charge >= 0.3 is 11.9 Å². The Bertz CT molecular complexity index is 454. The van der Waals surface area contributed by atoms with E-state index in [0.29, 0.717) is 18.2 Å². The van der Waals surface area contributed by atoms with Gasteiger partial charge in [0.25, 0.3) is 0 Å². The molecule has 1 fully saturated rings. The van der Waals surface area contributed by atoms with Gasteiger partial charge in [0.05, 0.1) is 0 Å². The van der Waals surface area contributed by atoms with Gasteiger partial charge in [-0.15, -0.1) is 0 Å². The van der Waals surface area contributed by atoms with Gasteiger partial charge in [0, 0.05) is 18.2 Å². The smallest absolute Gasteiger partial charge is 0.328 e. The van der Waals surface area contributed by atoms with Gasteiger partial charge in [-0.05, 0) is 30.7 Å². The van der Waals surface area contributed by atoms with Gasteiger partial charge in [-0.2, -0.15) is 0 Å². The highest BCUT2D eigenvalue weighted by atomic mass is 16.4. The van der Waals surface area contributed by atoms with Crippen LogP contribution in [-0.4, -0.2) is 28.2 Å². The average molecular weight is 277 g/mol. The molecule has 2 rings (SSSR count). The monoisotopic (exact) mass is 277 g/mol. The molecule has 0 radical (unpaired) electrons. The summed E-state index contributed by atoms with van der Waals surface area (Å²) < 4.78 is 0. The molecule has 0 bridgehead atoms. The van der Waals surface area contributed by atoms with Crippen molar-refractivity contribution >= 4 is 11.9 Å². The van der Waals surface area contributed by atoms with Crippen LogP contribution in [0.15, 0.2) is 42.5 Å². The Kier molecular flexibility index (Phi) is 6.46. The maximum atomic E-state index is 9.55. The number of hydrogen-bond acceptors (Lipinski definition) is 3. The molecule has 2 unspecified atom stereocenters. The molecule has 1 aromatic rings. The normalized spacial score (nSPS) is 21.2. The van der Waals surface area contributed by atoms with Gasteiger partial charge in [0.15, 0.2) is 0 Å². The molecule has 1 aliphatic rings. The van der Waals surface area contributed by atoms with Crippen LogP contribution in [0.25, 0.3) is 0 Å². The van der Waals surface area contributed by atoms with E-state index >= 15 is 0 Å². The third-order valence-electron chi connectivity index (χ3n) is 3.11. The Morgan fingerprint density at radius 2 is 1.60 bits per heavy atom. The van der Waals surface area contributed by atoms with Crippen molar-refractivity contribution < 1.29 is 19.8 Å². The molecule has 0 saturated heterocycles. The number of rotatable bonds is 3. The number of carbonyl (C=O) groups is 2. The van der Waals surface area contributed by atoms with E-state index in [0.717, 1.165) is 5.92 Å². The van der Waals surface area contributed by atoms with Crippen molar-refractivity contribution in [1.29, 1.82) is 0 Å². The second-order valence-corrected chi connectivity index (χ2v) is 4.69. The summed E-state index contributed by atoms with van der Waals surface area (Å²) in [5.74, 6) is -1.79. The summed E-state index contributed by atoms with van der Waals surface area (Å²) in [6.45, 7) is 0. The molecule has 1 aliphatic carbocycles. The van der Waals surface area contributed by atoms with Crippen molar-refractivity contribution in [1.82, 2.24) is 0 Å². The van der Waals surface area contributed by atoms with Crippen LogP contribution >= 0.6 is 0 Å². The quantitative estimate of drug-likeness (QED) is 0.733. The van der Waals surface area contributed by atoms with Crippen LogP contribution in [0.4, 0.5) is 0 Å². The highest BCUT2D eigenvalue weighted by Gasteiger charge is 2.22. The van der Waals surface area contributed by atoms with Crippen LogP contribution in [0, 0.1) is 0 Å². The van der Waals surface area contributed by atoms with Gasteiger partial charge in [0.2, 0.25) is 0 Å². The Morgan fingerprint density at radius 3 is 2.00 bits per heavy atom. The molecule has 0 heterocycles. The lowest BCUT2D eigenvalue weighted by molar-refractivity contribution is -0.134. The molecule has 4 N–H and O–H groups in total. The molecule has 108 valence electrons. The molecule has 0 amide bonds. The standard InChI is InChI=1S/C11H15N.C4H4O4/c12-11-7-6-10(8-11)9-4-2-1-3-5-9;5-3(6)1-2-4(7)8/h1-5,10-11H,6-8,12H2;1-2H,(H,5,6)(H,7,8). The van der Waals surface area contributed by atoms with Gasteiger partial charge in [-0.1, -0.05) is 30.3 Å². The highest BCUT2D eigenvalue weighted by molar-refractivity contribution is 5.89. The van der Waals surface area contributed by atoms with Crippen LogP contribution in [0.1, 0.15) is 30.7 Å². The Hall–Kier alpha value is -2.14. The fourth-order valence-corrected chi connectivity index (χ4v) is 2.19. The molecule has 0 aliphatic heterocycles. The minimum absolute atomic E-state index is 0.440. The first-order valence-electron chi connectivity index (χ1n) is 6.43. The Balaban J connectivity index is 0.000000221. The Morgan fingerprint density at radius 1 is 1.05 bits per heavy atom. The van der Waals surface area contributed by atoms with Crippen molar-refractivity contribution in [2.24, 2.45) is 5.73 Å². The lowest BCUT2D eigenvalue weighted by atomic mass is 9.98. The summed E-state index contributed by atoms with van der Waals surface area (Å²) in [7, 11) is 0. The largest absolute Gasteiger partial charge is 0.478 e. The number of hydrogen-bond donors (Lipinski definition) is 3. The zero-order valence-corrected chi connectivity index (χ0v) is 11.1. The summed E-state index contributed by atoms with van der Waals surface area (Å²) in [4.78, 5) is 19.1. The summed E-state index contributed by atoms with van der Waals surface area (Å²) in [6, 6.07) is 11.2. The minimum atomic E-state index is -1.26. The number of carboxylic acid groups (broad SMARTS) is 2. The third-order valence-corrected chi connectivity index (χ3v) is 3.11.